The maximum atomic E-state index is 13.0. The number of aromatic nitrogens is 3. The molecule has 3 aliphatic carbocycles. The number of rotatable bonds is 3. The molecule has 2 aromatic heterocycles. The molecule has 0 bridgehead atoms. The Bertz CT molecular complexity index is 1190. The van der Waals surface area contributed by atoms with Gasteiger partial charge in [-0.25, -0.2) is 0 Å². The van der Waals surface area contributed by atoms with E-state index in [1.165, 1.54) is 16.8 Å². The van der Waals surface area contributed by atoms with Gasteiger partial charge in [0.2, 0.25) is 0 Å². The standard InChI is InChI=1S/C26H28N4O2/c1-26-9-8-19-18-7-5-17(31)11-16(18)4-6-20(19)22(26)12-21-23(29-30-24(21)26)25(32)28-14-15-3-2-10-27-13-15/h2-3,5,7,10-11,13,19-20,22,31H,4,6,8-9,12,14H2,1H3,(H,28,32)(H,29,30). The van der Waals surface area contributed by atoms with E-state index in [4.69, 9.17) is 0 Å². The third kappa shape index (κ3) is 2.89. The number of carbonyl (C=O) groups is 1. The zero-order chi connectivity index (χ0) is 21.9. The summed E-state index contributed by atoms with van der Waals surface area (Å²) in [6, 6.07) is 9.75. The molecule has 3 aromatic rings. The van der Waals surface area contributed by atoms with E-state index >= 15 is 0 Å². The van der Waals surface area contributed by atoms with Crippen LogP contribution in [0.2, 0.25) is 0 Å². The molecule has 1 saturated carbocycles. The van der Waals surface area contributed by atoms with Gasteiger partial charge in [0.1, 0.15) is 5.75 Å². The van der Waals surface area contributed by atoms with Crippen LogP contribution in [0, 0.1) is 11.8 Å². The van der Waals surface area contributed by atoms with Crippen LogP contribution in [0.4, 0.5) is 0 Å². The van der Waals surface area contributed by atoms with Crippen molar-refractivity contribution in [3.05, 3.63) is 76.4 Å². The first-order valence-electron chi connectivity index (χ1n) is 11.6. The summed E-state index contributed by atoms with van der Waals surface area (Å²) in [6.07, 6.45) is 8.79. The third-order valence-electron chi connectivity index (χ3n) is 8.35. The Balaban J connectivity index is 1.26. The molecule has 6 rings (SSSR count). The largest absolute Gasteiger partial charge is 0.508 e. The summed E-state index contributed by atoms with van der Waals surface area (Å²) in [6.45, 7) is 2.81. The molecule has 0 saturated heterocycles. The summed E-state index contributed by atoms with van der Waals surface area (Å²) < 4.78 is 0. The number of aromatic hydroxyl groups is 1. The van der Waals surface area contributed by atoms with Gasteiger partial charge < -0.3 is 10.4 Å². The molecule has 0 spiro atoms. The Morgan fingerprint density at radius 2 is 2.22 bits per heavy atom. The Morgan fingerprint density at radius 1 is 1.31 bits per heavy atom. The summed E-state index contributed by atoms with van der Waals surface area (Å²) in [5.74, 6) is 1.90. The lowest BCUT2D eigenvalue weighted by Gasteiger charge is -2.49. The van der Waals surface area contributed by atoms with Gasteiger partial charge in [0.25, 0.3) is 5.91 Å². The van der Waals surface area contributed by atoms with Crippen LogP contribution >= 0.6 is 0 Å². The summed E-state index contributed by atoms with van der Waals surface area (Å²) >= 11 is 0. The molecule has 1 fully saturated rings. The predicted molar refractivity (Wildman–Crippen MR) is 120 cm³/mol. The summed E-state index contributed by atoms with van der Waals surface area (Å²) in [5, 5.41) is 20.7. The highest BCUT2D eigenvalue weighted by Gasteiger charge is 2.54. The van der Waals surface area contributed by atoms with E-state index in [-0.39, 0.29) is 11.3 Å². The highest BCUT2D eigenvalue weighted by molar-refractivity contribution is 5.94. The third-order valence-corrected chi connectivity index (χ3v) is 8.35. The maximum Gasteiger partial charge on any atom is 0.272 e. The van der Waals surface area contributed by atoms with Crippen LogP contribution in [-0.4, -0.2) is 26.2 Å². The van der Waals surface area contributed by atoms with E-state index < -0.39 is 0 Å². The number of pyridine rings is 1. The van der Waals surface area contributed by atoms with Gasteiger partial charge in [-0.3, -0.25) is 14.9 Å². The van der Waals surface area contributed by atoms with Crippen molar-refractivity contribution in [2.24, 2.45) is 11.8 Å². The van der Waals surface area contributed by atoms with E-state index in [0.717, 1.165) is 43.2 Å². The number of hydrogen-bond donors (Lipinski definition) is 3. The minimum Gasteiger partial charge on any atom is -0.508 e. The first kappa shape index (κ1) is 19.5. The maximum absolute atomic E-state index is 13.0. The quantitative estimate of drug-likeness (QED) is 0.588. The van der Waals surface area contributed by atoms with Crippen LogP contribution in [0.15, 0.2) is 42.7 Å². The molecule has 0 aliphatic heterocycles. The van der Waals surface area contributed by atoms with Crippen molar-refractivity contribution in [1.82, 2.24) is 20.5 Å². The summed E-state index contributed by atoms with van der Waals surface area (Å²) in [4.78, 5) is 17.1. The molecule has 4 unspecified atom stereocenters. The SMILES string of the molecule is CC12CCC3c4ccc(O)cc4CCC3C1Cc1c(C(=O)NCc3cccnc3)n[nH]c12. The molecule has 4 atom stereocenters. The number of hydrogen-bond acceptors (Lipinski definition) is 4. The first-order chi connectivity index (χ1) is 15.5. The lowest BCUT2D eigenvalue weighted by Crippen LogP contribution is -2.43. The number of fused-ring (bicyclic) bond motifs is 7. The number of nitrogens with one attached hydrogen (secondary N) is 2. The fourth-order valence-corrected chi connectivity index (χ4v) is 6.79. The fraction of sp³-hybridized carbons (Fsp3) is 0.423. The highest BCUT2D eigenvalue weighted by Crippen LogP contribution is 2.60. The molecule has 164 valence electrons. The number of nitrogens with zero attached hydrogens (tertiary/aromatic N) is 2. The number of phenols is 1. The van der Waals surface area contributed by atoms with Crippen LogP contribution in [0.1, 0.15) is 70.5 Å². The average Bonchev–Trinajstić information content (AvgIpc) is 3.36. The van der Waals surface area contributed by atoms with Gasteiger partial charge in [0.05, 0.1) is 0 Å². The Hall–Kier alpha value is -3.15. The minimum atomic E-state index is -0.116. The van der Waals surface area contributed by atoms with Crippen LogP contribution in [-0.2, 0) is 24.8 Å². The summed E-state index contributed by atoms with van der Waals surface area (Å²) in [7, 11) is 0. The highest BCUT2D eigenvalue weighted by atomic mass is 16.3. The second kappa shape index (κ2) is 7.19. The monoisotopic (exact) mass is 428 g/mol. The van der Waals surface area contributed by atoms with Gasteiger partial charge in [0.15, 0.2) is 5.69 Å². The lowest BCUT2D eigenvalue weighted by molar-refractivity contribution is 0.0937. The Labute approximate surface area is 187 Å². The van der Waals surface area contributed by atoms with E-state index in [1.54, 1.807) is 12.4 Å². The molecule has 1 aromatic carbocycles. The van der Waals surface area contributed by atoms with Crippen LogP contribution in [0.25, 0.3) is 0 Å². The van der Waals surface area contributed by atoms with E-state index in [0.29, 0.717) is 35.7 Å². The smallest absolute Gasteiger partial charge is 0.272 e. The van der Waals surface area contributed by atoms with E-state index in [2.05, 4.69) is 33.5 Å². The van der Waals surface area contributed by atoms with E-state index in [1.807, 2.05) is 24.3 Å². The molecule has 6 nitrogen and oxygen atoms in total. The van der Waals surface area contributed by atoms with Crippen molar-refractivity contribution in [3.8, 4) is 5.75 Å². The molecule has 0 radical (unpaired) electrons. The Morgan fingerprint density at radius 3 is 3.06 bits per heavy atom. The predicted octanol–water partition coefficient (Wildman–Crippen LogP) is 4.01. The number of amides is 1. The molecule has 3 N–H and O–H groups in total. The van der Waals surface area contributed by atoms with Crippen molar-refractivity contribution in [2.45, 2.75) is 56.9 Å². The minimum absolute atomic E-state index is 0.0415. The molecule has 3 aliphatic rings. The molecule has 6 heteroatoms. The van der Waals surface area contributed by atoms with Crippen LogP contribution in [0.3, 0.4) is 0 Å². The Kier molecular flexibility index (Phi) is 4.39. The van der Waals surface area contributed by atoms with Gasteiger partial charge in [-0.2, -0.15) is 5.10 Å². The fourth-order valence-electron chi connectivity index (χ4n) is 6.79. The second-order valence-electron chi connectivity index (χ2n) is 9.93. The zero-order valence-corrected chi connectivity index (χ0v) is 18.3. The normalized spacial score (nSPS) is 27.7. The van der Waals surface area contributed by atoms with Crippen LogP contribution < -0.4 is 5.32 Å². The number of phenolic OH excluding ortho intramolecular Hbond substituents is 1. The average molecular weight is 429 g/mol. The van der Waals surface area contributed by atoms with Crippen molar-refractivity contribution >= 4 is 5.91 Å². The molecular formula is C26H28N4O2. The lowest BCUT2D eigenvalue weighted by atomic mass is 9.55. The van der Waals surface area contributed by atoms with Gasteiger partial charge in [-0.15, -0.1) is 0 Å². The number of benzene rings is 1. The first-order valence-corrected chi connectivity index (χ1v) is 11.6. The molecule has 1 amide bonds. The number of carbonyl (C=O) groups excluding carboxylic acids is 1. The van der Waals surface area contributed by atoms with Crippen molar-refractivity contribution in [3.63, 3.8) is 0 Å². The molecular weight excluding hydrogens is 400 g/mol. The molecule has 32 heavy (non-hydrogen) atoms. The molecule has 2 heterocycles. The zero-order valence-electron chi connectivity index (χ0n) is 18.3. The van der Waals surface area contributed by atoms with Crippen molar-refractivity contribution < 1.29 is 9.90 Å². The van der Waals surface area contributed by atoms with Crippen molar-refractivity contribution in [2.75, 3.05) is 0 Å². The topological polar surface area (TPSA) is 90.9 Å². The number of aromatic amines is 1. The van der Waals surface area contributed by atoms with Gasteiger partial charge in [-0.1, -0.05) is 19.1 Å². The van der Waals surface area contributed by atoms with Crippen molar-refractivity contribution in [1.29, 1.82) is 0 Å². The van der Waals surface area contributed by atoms with E-state index in [9.17, 15) is 9.90 Å². The summed E-state index contributed by atoms with van der Waals surface area (Å²) in [5.41, 5.74) is 6.58. The number of aryl methyl sites for hydroxylation is 1. The van der Waals surface area contributed by atoms with Gasteiger partial charge >= 0.3 is 0 Å². The van der Waals surface area contributed by atoms with Gasteiger partial charge in [-0.05, 0) is 84.7 Å². The van der Waals surface area contributed by atoms with Gasteiger partial charge in [0, 0.05) is 35.6 Å². The van der Waals surface area contributed by atoms with Crippen LogP contribution in [0.5, 0.6) is 5.75 Å². The second-order valence-corrected chi connectivity index (χ2v) is 9.93. The number of H-pyrrole nitrogens is 1.